The number of ketones is 2. The molecule has 2 fully saturated rings. The molecule has 0 spiro atoms. The molecule has 0 bridgehead atoms. The lowest BCUT2D eigenvalue weighted by Gasteiger charge is -2.37. The van der Waals surface area contributed by atoms with E-state index >= 15 is 0 Å². The van der Waals surface area contributed by atoms with E-state index in [1.54, 1.807) is 60.7 Å². The molecule has 0 aliphatic heterocycles. The number of aliphatic hydroxyl groups is 2. The smallest absolute Gasteiger partial charge is 0.312 e. The van der Waals surface area contributed by atoms with E-state index in [2.05, 4.69) is 0 Å². The van der Waals surface area contributed by atoms with Crippen LogP contribution in [0.1, 0.15) is 72.1 Å². The second kappa shape index (κ2) is 12.0. The second-order valence-corrected chi connectivity index (χ2v) is 10.2. The SMILES string of the molecule is O=C(OCCOC(=O)C1CCCCC1(O)C(=O)c1ccccc1)C1CCCCC1(O)C(=O)c1ccccc1. The summed E-state index contributed by atoms with van der Waals surface area (Å²) in [7, 11) is 0. The van der Waals surface area contributed by atoms with E-state index in [0.29, 0.717) is 49.7 Å². The van der Waals surface area contributed by atoms with Crippen LogP contribution in [0.4, 0.5) is 0 Å². The van der Waals surface area contributed by atoms with Crippen molar-refractivity contribution in [2.75, 3.05) is 13.2 Å². The van der Waals surface area contributed by atoms with Gasteiger partial charge in [0, 0.05) is 11.1 Å². The minimum atomic E-state index is -1.86. The lowest BCUT2D eigenvalue weighted by Crippen LogP contribution is -2.52. The fourth-order valence-corrected chi connectivity index (χ4v) is 5.65. The molecule has 38 heavy (non-hydrogen) atoms. The number of esters is 2. The Morgan fingerprint density at radius 2 is 1.00 bits per heavy atom. The number of ether oxygens (including phenoxy) is 2. The maximum absolute atomic E-state index is 13.1. The number of rotatable bonds is 9. The highest BCUT2D eigenvalue weighted by molar-refractivity contribution is 6.05. The van der Waals surface area contributed by atoms with Crippen molar-refractivity contribution in [1.82, 2.24) is 0 Å². The first kappa shape index (κ1) is 27.7. The Kier molecular flexibility index (Phi) is 8.74. The highest BCUT2D eigenvalue weighted by Crippen LogP contribution is 2.38. The molecule has 2 N–H and O–H groups in total. The summed E-state index contributed by atoms with van der Waals surface area (Å²) < 4.78 is 10.6. The first-order valence-corrected chi connectivity index (χ1v) is 13.2. The third-order valence-corrected chi connectivity index (χ3v) is 7.75. The van der Waals surface area contributed by atoms with Gasteiger partial charge in [-0.15, -0.1) is 0 Å². The fraction of sp³-hybridized carbons (Fsp3) is 0.467. The van der Waals surface area contributed by atoms with Crippen LogP contribution in [-0.4, -0.2) is 58.1 Å². The molecule has 202 valence electrons. The number of carbonyl (C=O) groups excluding carboxylic acids is 4. The Morgan fingerprint density at radius 1 is 0.632 bits per heavy atom. The summed E-state index contributed by atoms with van der Waals surface area (Å²) >= 11 is 0. The zero-order valence-corrected chi connectivity index (χ0v) is 21.3. The van der Waals surface area contributed by atoms with Gasteiger partial charge in [-0.2, -0.15) is 0 Å². The average Bonchev–Trinajstić information content (AvgIpc) is 2.95. The molecule has 0 radical (unpaired) electrons. The van der Waals surface area contributed by atoms with E-state index in [4.69, 9.17) is 9.47 Å². The van der Waals surface area contributed by atoms with Crippen molar-refractivity contribution in [3.05, 3.63) is 71.8 Å². The van der Waals surface area contributed by atoms with Crippen molar-refractivity contribution in [2.45, 2.75) is 62.6 Å². The lowest BCUT2D eigenvalue weighted by atomic mass is 9.71. The minimum absolute atomic E-state index is 0.158. The van der Waals surface area contributed by atoms with E-state index in [1.165, 1.54) is 0 Å². The number of hydrogen-bond donors (Lipinski definition) is 2. The summed E-state index contributed by atoms with van der Waals surface area (Å²) in [6, 6.07) is 16.7. The number of hydrogen-bond acceptors (Lipinski definition) is 8. The van der Waals surface area contributed by atoms with Crippen LogP contribution in [-0.2, 0) is 19.1 Å². The number of benzene rings is 2. The van der Waals surface area contributed by atoms with Gasteiger partial charge in [0.05, 0.1) is 11.8 Å². The van der Waals surface area contributed by atoms with Gasteiger partial charge in [0.15, 0.2) is 11.6 Å². The van der Waals surface area contributed by atoms with E-state index in [1.807, 2.05) is 0 Å². The molecule has 2 saturated carbocycles. The largest absolute Gasteiger partial charge is 0.462 e. The summed E-state index contributed by atoms with van der Waals surface area (Å²) in [4.78, 5) is 51.9. The Bertz CT molecular complexity index is 1060. The van der Waals surface area contributed by atoms with E-state index in [0.717, 1.165) is 0 Å². The molecule has 2 aromatic carbocycles. The summed E-state index contributed by atoms with van der Waals surface area (Å²) in [5.74, 6) is -4.50. The molecule has 0 aromatic heterocycles. The molecule has 8 nitrogen and oxygen atoms in total. The molecule has 4 atom stereocenters. The summed E-state index contributed by atoms with van der Waals surface area (Å²) in [5, 5.41) is 22.5. The molecule has 4 unspecified atom stereocenters. The fourth-order valence-electron chi connectivity index (χ4n) is 5.65. The van der Waals surface area contributed by atoms with Gasteiger partial charge < -0.3 is 19.7 Å². The molecule has 2 aromatic rings. The van der Waals surface area contributed by atoms with Crippen LogP contribution in [0.5, 0.6) is 0 Å². The van der Waals surface area contributed by atoms with E-state index in [-0.39, 0.29) is 26.1 Å². The van der Waals surface area contributed by atoms with Gasteiger partial charge in [-0.3, -0.25) is 19.2 Å². The van der Waals surface area contributed by atoms with E-state index < -0.39 is 46.5 Å². The standard InChI is InChI=1S/C30H34O8/c31-25(21-11-3-1-4-12-21)29(35)17-9-7-15-23(29)27(33)37-19-20-38-28(34)24-16-8-10-18-30(24,36)26(32)22-13-5-2-6-14-22/h1-6,11-14,23-24,35-36H,7-10,15-20H2. The highest BCUT2D eigenvalue weighted by atomic mass is 16.6. The molecule has 0 heterocycles. The zero-order chi connectivity index (χ0) is 27.2. The maximum Gasteiger partial charge on any atom is 0.312 e. The van der Waals surface area contributed by atoms with Gasteiger partial charge in [0.1, 0.15) is 24.4 Å². The average molecular weight is 523 g/mol. The Balaban J connectivity index is 1.34. The molecular formula is C30H34O8. The van der Waals surface area contributed by atoms with Crippen molar-refractivity contribution >= 4 is 23.5 Å². The van der Waals surface area contributed by atoms with Crippen molar-refractivity contribution in [1.29, 1.82) is 0 Å². The molecule has 0 amide bonds. The van der Waals surface area contributed by atoms with Crippen molar-refractivity contribution in [2.24, 2.45) is 11.8 Å². The van der Waals surface area contributed by atoms with Crippen molar-refractivity contribution < 1.29 is 38.9 Å². The van der Waals surface area contributed by atoms with Gasteiger partial charge in [-0.25, -0.2) is 0 Å². The molecule has 2 aliphatic rings. The second-order valence-electron chi connectivity index (χ2n) is 10.2. The van der Waals surface area contributed by atoms with Crippen molar-refractivity contribution in [3.63, 3.8) is 0 Å². The van der Waals surface area contributed by atoms with Crippen LogP contribution in [0.25, 0.3) is 0 Å². The highest BCUT2D eigenvalue weighted by Gasteiger charge is 2.51. The Morgan fingerprint density at radius 3 is 1.37 bits per heavy atom. The van der Waals surface area contributed by atoms with Crippen LogP contribution < -0.4 is 0 Å². The predicted molar refractivity (Wildman–Crippen MR) is 137 cm³/mol. The molecule has 8 heteroatoms. The van der Waals surface area contributed by atoms with Crippen LogP contribution in [0.15, 0.2) is 60.7 Å². The number of Topliss-reactive ketones (excluding diaryl/α,β-unsaturated/α-hetero) is 2. The normalized spacial score (nSPS) is 27.2. The van der Waals surface area contributed by atoms with Gasteiger partial charge in [0.2, 0.25) is 0 Å². The van der Waals surface area contributed by atoms with Crippen LogP contribution in [0.2, 0.25) is 0 Å². The van der Waals surface area contributed by atoms with Gasteiger partial charge in [-0.1, -0.05) is 86.3 Å². The Labute approximate surface area is 222 Å². The first-order valence-electron chi connectivity index (χ1n) is 13.2. The minimum Gasteiger partial charge on any atom is -0.462 e. The quantitative estimate of drug-likeness (QED) is 0.290. The Hall–Kier alpha value is -3.36. The molecule has 2 aliphatic carbocycles. The monoisotopic (exact) mass is 522 g/mol. The molecule has 4 rings (SSSR count). The predicted octanol–water partition coefficient (Wildman–Crippen LogP) is 3.68. The summed E-state index contributed by atoms with van der Waals surface area (Å²) in [5.41, 5.74) is -3.06. The first-order chi connectivity index (χ1) is 18.3. The molecular weight excluding hydrogens is 488 g/mol. The van der Waals surface area contributed by atoms with Crippen molar-refractivity contribution in [3.8, 4) is 0 Å². The zero-order valence-electron chi connectivity index (χ0n) is 21.3. The number of carbonyl (C=O) groups is 4. The van der Waals surface area contributed by atoms with Gasteiger partial charge in [-0.05, 0) is 25.7 Å². The van der Waals surface area contributed by atoms with E-state index in [9.17, 15) is 29.4 Å². The third kappa shape index (κ3) is 5.71. The lowest BCUT2D eigenvalue weighted by molar-refractivity contribution is -0.167. The van der Waals surface area contributed by atoms with Crippen LogP contribution in [0, 0.1) is 11.8 Å². The summed E-state index contributed by atoms with van der Waals surface area (Å²) in [6.07, 6.45) is 3.51. The van der Waals surface area contributed by atoms with Crippen LogP contribution in [0.3, 0.4) is 0 Å². The summed E-state index contributed by atoms with van der Waals surface area (Å²) in [6.45, 7) is -0.539. The topological polar surface area (TPSA) is 127 Å². The third-order valence-electron chi connectivity index (χ3n) is 7.75. The maximum atomic E-state index is 13.1. The van der Waals surface area contributed by atoms with Gasteiger partial charge >= 0.3 is 11.9 Å². The van der Waals surface area contributed by atoms with Crippen LogP contribution >= 0.6 is 0 Å². The van der Waals surface area contributed by atoms with Gasteiger partial charge in [0.25, 0.3) is 0 Å². The molecule has 0 saturated heterocycles.